The number of allylic oxidation sites excluding steroid dienone is 1. The van der Waals surface area contributed by atoms with Gasteiger partial charge in [0.25, 0.3) is 0 Å². The van der Waals surface area contributed by atoms with Crippen molar-refractivity contribution in [1.29, 1.82) is 0 Å². The number of pyridine rings is 1. The lowest BCUT2D eigenvalue weighted by Gasteiger charge is -2.30. The van der Waals surface area contributed by atoms with E-state index in [9.17, 15) is 0 Å². The molecule has 2 saturated heterocycles. The van der Waals surface area contributed by atoms with Gasteiger partial charge >= 0.3 is 0 Å². The first-order chi connectivity index (χ1) is 19.3. The summed E-state index contributed by atoms with van der Waals surface area (Å²) in [4.78, 5) is 9.72. The molecule has 0 amide bonds. The maximum atomic E-state index is 5.17. The average Bonchev–Trinajstić information content (AvgIpc) is 3.40. The summed E-state index contributed by atoms with van der Waals surface area (Å²) >= 11 is 0. The third-order valence-electron chi connectivity index (χ3n) is 8.59. The van der Waals surface area contributed by atoms with E-state index in [1.807, 2.05) is 18.3 Å². The minimum atomic E-state index is 0.126. The van der Waals surface area contributed by atoms with Crippen LogP contribution in [-0.2, 0) is 0 Å². The largest absolute Gasteiger partial charge is 0.372 e. The predicted molar refractivity (Wildman–Crippen MR) is 165 cm³/mol. The number of hydrogen-bond donors (Lipinski definition) is 0. The van der Waals surface area contributed by atoms with Crippen molar-refractivity contribution in [2.75, 3.05) is 41.0 Å². The summed E-state index contributed by atoms with van der Waals surface area (Å²) < 4.78 is 0. The topological polar surface area (TPSA) is 35.0 Å². The molecule has 5 heteroatoms. The second-order valence-electron chi connectivity index (χ2n) is 11.1. The molecule has 4 heterocycles. The van der Waals surface area contributed by atoms with Gasteiger partial charge in [0.1, 0.15) is 5.82 Å². The molecule has 0 aliphatic carbocycles. The van der Waals surface area contributed by atoms with E-state index >= 15 is 0 Å². The van der Waals surface area contributed by atoms with Crippen LogP contribution >= 0.6 is 0 Å². The predicted octanol–water partition coefficient (Wildman–Crippen LogP) is 7.72. The van der Waals surface area contributed by atoms with Crippen molar-refractivity contribution in [1.82, 2.24) is 4.98 Å². The molecule has 1 aromatic heterocycles. The highest BCUT2D eigenvalue weighted by atomic mass is 15.5. The number of aromatic nitrogens is 1. The molecule has 6 rings (SSSR count). The van der Waals surface area contributed by atoms with E-state index < -0.39 is 0 Å². The van der Waals surface area contributed by atoms with Crippen molar-refractivity contribution in [2.24, 2.45) is 11.0 Å². The smallest absolute Gasteiger partial charge is 0.149 e. The first-order valence-corrected chi connectivity index (χ1v) is 15.0. The van der Waals surface area contributed by atoms with Gasteiger partial charge in [-0.25, -0.2) is 9.99 Å². The number of anilines is 3. The molecule has 0 spiro atoms. The van der Waals surface area contributed by atoms with Gasteiger partial charge in [0.05, 0.1) is 11.8 Å². The zero-order chi connectivity index (χ0) is 26.4. The highest BCUT2D eigenvalue weighted by Gasteiger charge is 2.37. The lowest BCUT2D eigenvalue weighted by Crippen LogP contribution is -2.29. The zero-order valence-electron chi connectivity index (χ0n) is 23.3. The molecule has 2 fully saturated rings. The highest BCUT2D eigenvalue weighted by Crippen LogP contribution is 2.41. The van der Waals surface area contributed by atoms with Crippen LogP contribution in [0.15, 0.2) is 84.1 Å². The summed E-state index contributed by atoms with van der Waals surface area (Å²) in [6, 6.07) is 24.5. The second-order valence-corrected chi connectivity index (χ2v) is 11.1. The molecular formula is C34H41N5. The molecule has 39 heavy (non-hydrogen) atoms. The molecule has 2 aromatic carbocycles. The van der Waals surface area contributed by atoms with Gasteiger partial charge in [-0.1, -0.05) is 43.3 Å². The molecule has 3 aromatic rings. The van der Waals surface area contributed by atoms with E-state index in [0.717, 1.165) is 31.0 Å². The summed E-state index contributed by atoms with van der Waals surface area (Å²) in [6.07, 6.45) is 15.2. The summed E-state index contributed by atoms with van der Waals surface area (Å²) in [5, 5.41) is 7.31. The SMILES string of the molecule is CCC1C(C=Cc2ccc(N3CCCCC3)cc2)=NN(c2ccccn2)C1c1ccc(N2CCCCC2)cc1. The van der Waals surface area contributed by atoms with E-state index in [4.69, 9.17) is 5.10 Å². The van der Waals surface area contributed by atoms with Gasteiger partial charge in [-0.2, -0.15) is 5.10 Å². The Morgan fingerprint density at radius 2 is 1.33 bits per heavy atom. The van der Waals surface area contributed by atoms with Crippen molar-refractivity contribution < 1.29 is 0 Å². The zero-order valence-corrected chi connectivity index (χ0v) is 23.3. The number of hydrazone groups is 1. The standard InChI is InChI=1S/C34H41N5/c1-2-31-32(21-14-27-12-17-29(18-13-27)37-23-7-3-8-24-37)36-39(33-11-5-6-22-35-33)34(31)28-15-19-30(20-16-28)38-25-9-4-10-26-38/h5-6,11-22,31,34H,2-4,7-10,23-26H2,1H3. The van der Waals surface area contributed by atoms with Crippen LogP contribution in [0.2, 0.25) is 0 Å². The van der Waals surface area contributed by atoms with Gasteiger partial charge in [0.15, 0.2) is 0 Å². The Kier molecular flexibility index (Phi) is 7.94. The van der Waals surface area contributed by atoms with Crippen LogP contribution < -0.4 is 14.8 Å². The molecule has 2 atom stereocenters. The van der Waals surface area contributed by atoms with Crippen LogP contribution in [0.3, 0.4) is 0 Å². The number of piperidine rings is 2. The minimum absolute atomic E-state index is 0.126. The molecule has 3 aliphatic rings. The van der Waals surface area contributed by atoms with Crippen LogP contribution in [0.4, 0.5) is 17.2 Å². The average molecular weight is 520 g/mol. The lowest BCUT2D eigenvalue weighted by atomic mass is 9.87. The summed E-state index contributed by atoms with van der Waals surface area (Å²) in [7, 11) is 0. The van der Waals surface area contributed by atoms with E-state index in [-0.39, 0.29) is 12.0 Å². The fraction of sp³-hybridized carbons (Fsp3) is 0.412. The van der Waals surface area contributed by atoms with E-state index in [1.165, 1.54) is 74.1 Å². The first-order valence-electron chi connectivity index (χ1n) is 15.0. The minimum Gasteiger partial charge on any atom is -0.372 e. The third kappa shape index (κ3) is 5.73. The van der Waals surface area contributed by atoms with Crippen molar-refractivity contribution in [3.8, 4) is 0 Å². The van der Waals surface area contributed by atoms with E-state index in [0.29, 0.717) is 0 Å². The molecule has 0 saturated carbocycles. The molecule has 2 unspecified atom stereocenters. The Morgan fingerprint density at radius 3 is 1.90 bits per heavy atom. The Hall–Kier alpha value is -3.60. The Labute approximate surface area is 233 Å². The fourth-order valence-electron chi connectivity index (χ4n) is 6.40. The Morgan fingerprint density at radius 1 is 0.718 bits per heavy atom. The number of benzene rings is 2. The van der Waals surface area contributed by atoms with Crippen molar-refractivity contribution >= 4 is 29.0 Å². The monoisotopic (exact) mass is 519 g/mol. The maximum Gasteiger partial charge on any atom is 0.149 e. The number of hydrogen-bond acceptors (Lipinski definition) is 5. The van der Waals surface area contributed by atoms with Crippen LogP contribution in [0.5, 0.6) is 0 Å². The number of rotatable bonds is 7. The highest BCUT2D eigenvalue weighted by molar-refractivity contribution is 6.02. The van der Waals surface area contributed by atoms with Gasteiger partial charge in [-0.15, -0.1) is 0 Å². The molecular weight excluding hydrogens is 478 g/mol. The lowest BCUT2D eigenvalue weighted by molar-refractivity contribution is 0.533. The summed E-state index contributed by atoms with van der Waals surface area (Å²) in [5.41, 5.74) is 6.31. The van der Waals surface area contributed by atoms with E-state index in [2.05, 4.69) is 93.5 Å². The Balaban J connectivity index is 1.25. The van der Waals surface area contributed by atoms with Gasteiger partial charge in [0.2, 0.25) is 0 Å². The fourth-order valence-corrected chi connectivity index (χ4v) is 6.40. The molecule has 0 radical (unpaired) electrons. The van der Waals surface area contributed by atoms with Crippen LogP contribution in [0.25, 0.3) is 6.08 Å². The number of nitrogens with zero attached hydrogens (tertiary/aromatic N) is 5. The quantitative estimate of drug-likeness (QED) is 0.320. The third-order valence-corrected chi connectivity index (χ3v) is 8.59. The maximum absolute atomic E-state index is 5.17. The van der Waals surface area contributed by atoms with Crippen LogP contribution in [0.1, 0.15) is 69.0 Å². The molecule has 3 aliphatic heterocycles. The summed E-state index contributed by atoms with van der Waals surface area (Å²) in [5.74, 6) is 1.19. The van der Waals surface area contributed by atoms with Crippen molar-refractivity contribution in [3.63, 3.8) is 0 Å². The van der Waals surface area contributed by atoms with E-state index in [1.54, 1.807) is 0 Å². The molecule has 0 N–H and O–H groups in total. The van der Waals surface area contributed by atoms with Crippen LogP contribution in [0, 0.1) is 5.92 Å². The van der Waals surface area contributed by atoms with Gasteiger partial charge in [-0.3, -0.25) is 0 Å². The van der Waals surface area contributed by atoms with Gasteiger partial charge in [0, 0.05) is 49.7 Å². The summed E-state index contributed by atoms with van der Waals surface area (Å²) in [6.45, 7) is 6.95. The molecule has 0 bridgehead atoms. The van der Waals surface area contributed by atoms with Crippen LogP contribution in [-0.4, -0.2) is 36.9 Å². The van der Waals surface area contributed by atoms with Gasteiger partial charge < -0.3 is 9.80 Å². The van der Waals surface area contributed by atoms with Crippen molar-refractivity contribution in [3.05, 3.63) is 90.1 Å². The normalized spacial score (nSPS) is 22.0. The molecule has 202 valence electrons. The second kappa shape index (κ2) is 12.1. The Bertz CT molecular complexity index is 1250. The van der Waals surface area contributed by atoms with Gasteiger partial charge in [-0.05, 0) is 98.5 Å². The first kappa shape index (κ1) is 25.7. The molecule has 5 nitrogen and oxygen atoms in total. The van der Waals surface area contributed by atoms with Crippen molar-refractivity contribution in [2.45, 2.75) is 57.9 Å².